The molecule has 1 aliphatic carbocycles. The Morgan fingerprint density at radius 1 is 1.44 bits per heavy atom. The van der Waals surface area contributed by atoms with E-state index in [1.165, 1.54) is 0 Å². The third-order valence-electron chi connectivity index (χ3n) is 1.45. The molecule has 0 saturated heterocycles. The maximum Gasteiger partial charge on any atom is 0.124 e. The minimum absolute atomic E-state index is 0.295. The summed E-state index contributed by atoms with van der Waals surface area (Å²) in [5.74, 6) is 0.295. The van der Waals surface area contributed by atoms with Gasteiger partial charge < -0.3 is 5.11 Å². The lowest BCUT2D eigenvalue weighted by molar-refractivity contribution is 0.511. The van der Waals surface area contributed by atoms with Crippen LogP contribution < -0.4 is 0 Å². The zero-order valence-electron chi connectivity index (χ0n) is 5.76. The number of aliphatic hydroxyl groups excluding tert-OH is 1. The molecule has 0 bridgehead atoms. The smallest absolute Gasteiger partial charge is 0.124 e. The monoisotopic (exact) mass is 119 g/mol. The molecule has 44 valence electrons. The van der Waals surface area contributed by atoms with Crippen LogP contribution in [0.2, 0.25) is 0 Å². The van der Waals surface area contributed by atoms with Crippen LogP contribution in [-0.2, 0) is 0 Å². The molecule has 1 aliphatic rings. The number of fused-ring (bicyclic) bond motifs is 1. The summed E-state index contributed by atoms with van der Waals surface area (Å²) in [6.07, 6.45) is 1.61. The standard InChI is InChI=1S/C8H6O/c9-8-5-6-3-1-2-4-7(6)8/h1-5,9H/i3D. The molecule has 0 fully saturated rings. The molecule has 2 rings (SSSR count). The molecule has 1 heteroatoms. The van der Waals surface area contributed by atoms with Gasteiger partial charge in [-0.05, 0) is 11.6 Å². The van der Waals surface area contributed by atoms with E-state index in [1.807, 2.05) is 6.07 Å². The van der Waals surface area contributed by atoms with Gasteiger partial charge >= 0.3 is 0 Å². The van der Waals surface area contributed by atoms with Crippen LogP contribution in [0.15, 0.2) is 24.2 Å². The maximum atomic E-state index is 9.00. The van der Waals surface area contributed by atoms with Crippen LogP contribution in [0.25, 0.3) is 11.8 Å². The summed E-state index contributed by atoms with van der Waals surface area (Å²) in [5, 5.41) is 9.00. The van der Waals surface area contributed by atoms with Crippen LogP contribution in [0.5, 0.6) is 0 Å². The van der Waals surface area contributed by atoms with Crippen molar-refractivity contribution in [3.05, 3.63) is 35.4 Å². The number of hydrogen-bond donors (Lipinski definition) is 1. The fraction of sp³-hybridized carbons (Fsp3) is 0. The van der Waals surface area contributed by atoms with E-state index in [0.717, 1.165) is 11.1 Å². The van der Waals surface area contributed by atoms with Crippen molar-refractivity contribution in [1.29, 1.82) is 0 Å². The minimum atomic E-state index is 0.295. The Morgan fingerprint density at radius 2 is 2.33 bits per heavy atom. The first-order valence-electron chi connectivity index (χ1n) is 3.29. The van der Waals surface area contributed by atoms with Gasteiger partial charge in [0.05, 0.1) is 1.37 Å². The van der Waals surface area contributed by atoms with Crippen LogP contribution in [0, 0.1) is 0 Å². The first-order valence-corrected chi connectivity index (χ1v) is 2.79. The lowest BCUT2D eigenvalue weighted by Gasteiger charge is -2.12. The summed E-state index contributed by atoms with van der Waals surface area (Å²) in [7, 11) is 0. The van der Waals surface area contributed by atoms with Crippen molar-refractivity contribution in [2.75, 3.05) is 0 Å². The van der Waals surface area contributed by atoms with Gasteiger partial charge in [-0.3, -0.25) is 0 Å². The average Bonchev–Trinajstić information content (AvgIpc) is 1.91. The number of hydrogen-bond acceptors (Lipinski definition) is 1. The van der Waals surface area contributed by atoms with Gasteiger partial charge in [-0.25, -0.2) is 0 Å². The molecule has 0 aromatic heterocycles. The van der Waals surface area contributed by atoms with Crippen molar-refractivity contribution in [2.24, 2.45) is 0 Å². The first-order chi connectivity index (χ1) is 4.79. The molecule has 0 unspecified atom stereocenters. The van der Waals surface area contributed by atoms with E-state index in [9.17, 15) is 0 Å². The second kappa shape index (κ2) is 1.38. The van der Waals surface area contributed by atoms with Crippen LogP contribution in [0.3, 0.4) is 0 Å². The first kappa shape index (κ1) is 3.72. The summed E-state index contributed by atoms with van der Waals surface area (Å²) in [6, 6.07) is 5.77. The van der Waals surface area contributed by atoms with E-state index in [4.69, 9.17) is 6.48 Å². The average molecular weight is 119 g/mol. The molecule has 0 saturated carbocycles. The highest BCUT2D eigenvalue weighted by molar-refractivity contribution is 5.91. The highest BCUT2D eigenvalue weighted by atomic mass is 16.3. The fourth-order valence-electron chi connectivity index (χ4n) is 0.929. The Hall–Kier alpha value is -1.24. The molecular formula is C8H6O. The zero-order valence-corrected chi connectivity index (χ0v) is 4.76. The topological polar surface area (TPSA) is 20.2 Å². The van der Waals surface area contributed by atoms with Gasteiger partial charge in [0.2, 0.25) is 0 Å². The van der Waals surface area contributed by atoms with Crippen molar-refractivity contribution < 1.29 is 6.48 Å². The van der Waals surface area contributed by atoms with Gasteiger partial charge in [-0.2, -0.15) is 0 Å². The number of aliphatic hydroxyl groups is 1. The Bertz CT molecular complexity index is 315. The number of benzene rings is 1. The summed E-state index contributed by atoms with van der Waals surface area (Å²) < 4.78 is 7.35. The highest BCUT2D eigenvalue weighted by Crippen LogP contribution is 2.28. The van der Waals surface area contributed by atoms with E-state index < -0.39 is 0 Å². The highest BCUT2D eigenvalue weighted by Gasteiger charge is 2.12. The Kier molecular flexibility index (Phi) is 0.570. The van der Waals surface area contributed by atoms with E-state index in [2.05, 4.69) is 0 Å². The molecule has 1 aromatic rings. The molecule has 1 aromatic carbocycles. The van der Waals surface area contributed by atoms with Gasteiger partial charge in [0.1, 0.15) is 5.76 Å². The second-order valence-electron chi connectivity index (χ2n) is 2.03. The maximum absolute atomic E-state index is 9.00. The quantitative estimate of drug-likeness (QED) is 0.554. The minimum Gasteiger partial charge on any atom is -0.507 e. The van der Waals surface area contributed by atoms with Crippen LogP contribution in [0.4, 0.5) is 0 Å². The third kappa shape index (κ3) is 0.486. The molecule has 0 aliphatic heterocycles. The Labute approximate surface area is 54.7 Å². The SMILES string of the molecule is [2H]c1cccc2c1C=C2O. The van der Waals surface area contributed by atoms with Crippen molar-refractivity contribution in [1.82, 2.24) is 0 Å². The summed E-state index contributed by atoms with van der Waals surface area (Å²) in [5.41, 5.74) is 1.65. The van der Waals surface area contributed by atoms with Gasteiger partial charge in [-0.1, -0.05) is 24.2 Å². The number of rotatable bonds is 0. The Balaban J connectivity index is 2.64. The molecule has 1 N–H and O–H groups in total. The molecular weight excluding hydrogens is 112 g/mol. The van der Waals surface area contributed by atoms with E-state index >= 15 is 0 Å². The fourth-order valence-corrected chi connectivity index (χ4v) is 0.929. The molecule has 9 heavy (non-hydrogen) atoms. The zero-order chi connectivity index (χ0) is 7.14. The molecule has 0 amide bonds. The summed E-state index contributed by atoms with van der Waals surface area (Å²) in [4.78, 5) is 0. The molecule has 0 spiro atoms. The molecule has 0 atom stereocenters. The van der Waals surface area contributed by atoms with Crippen molar-refractivity contribution in [2.45, 2.75) is 0 Å². The van der Waals surface area contributed by atoms with E-state index in [0.29, 0.717) is 11.8 Å². The van der Waals surface area contributed by atoms with Crippen molar-refractivity contribution >= 4 is 11.8 Å². The van der Waals surface area contributed by atoms with Crippen molar-refractivity contribution in [3.63, 3.8) is 0 Å². The van der Waals surface area contributed by atoms with Crippen LogP contribution in [0.1, 0.15) is 12.5 Å². The summed E-state index contributed by atoms with van der Waals surface area (Å²) in [6.45, 7) is 0. The Morgan fingerprint density at radius 3 is 3.00 bits per heavy atom. The predicted molar refractivity (Wildman–Crippen MR) is 36.9 cm³/mol. The van der Waals surface area contributed by atoms with Gasteiger partial charge in [-0.15, -0.1) is 0 Å². The normalized spacial score (nSPS) is 15.1. The second-order valence-corrected chi connectivity index (χ2v) is 2.03. The predicted octanol–water partition coefficient (Wildman–Crippen LogP) is 2.06. The lowest BCUT2D eigenvalue weighted by Crippen LogP contribution is -1.95. The third-order valence-corrected chi connectivity index (χ3v) is 1.45. The summed E-state index contributed by atoms with van der Waals surface area (Å²) >= 11 is 0. The van der Waals surface area contributed by atoms with Crippen LogP contribution in [-0.4, -0.2) is 5.11 Å². The molecule has 1 nitrogen and oxygen atoms in total. The largest absolute Gasteiger partial charge is 0.507 e. The lowest BCUT2D eigenvalue weighted by atomic mass is 9.96. The van der Waals surface area contributed by atoms with E-state index in [-0.39, 0.29) is 0 Å². The van der Waals surface area contributed by atoms with Gasteiger partial charge in [0.25, 0.3) is 0 Å². The van der Waals surface area contributed by atoms with Crippen LogP contribution >= 0.6 is 0 Å². The van der Waals surface area contributed by atoms with Gasteiger partial charge in [0.15, 0.2) is 0 Å². The van der Waals surface area contributed by atoms with E-state index in [1.54, 1.807) is 18.2 Å². The van der Waals surface area contributed by atoms with Crippen molar-refractivity contribution in [3.8, 4) is 0 Å². The molecule has 0 heterocycles. The van der Waals surface area contributed by atoms with Gasteiger partial charge in [0, 0.05) is 5.56 Å². The molecule has 0 radical (unpaired) electrons.